The second kappa shape index (κ2) is 7.99. The first-order valence-corrected chi connectivity index (χ1v) is 8.61. The molecule has 1 aliphatic heterocycles. The molecule has 1 N–H and O–H groups in total. The molecule has 0 saturated carbocycles. The van der Waals surface area contributed by atoms with E-state index in [1.165, 1.54) is 25.0 Å². The molecule has 1 heterocycles. The molecule has 0 aromatic heterocycles. The predicted octanol–water partition coefficient (Wildman–Crippen LogP) is 3.53. The third kappa shape index (κ3) is 4.39. The van der Waals surface area contributed by atoms with Gasteiger partial charge in [0.2, 0.25) is 0 Å². The summed E-state index contributed by atoms with van der Waals surface area (Å²) in [7, 11) is 0. The highest BCUT2D eigenvalue weighted by Crippen LogP contribution is 2.22. The van der Waals surface area contributed by atoms with E-state index in [0.29, 0.717) is 11.3 Å². The fourth-order valence-corrected chi connectivity index (χ4v) is 2.86. The molecule has 3 rings (SSSR count). The number of nitrogens with zero attached hydrogens (tertiary/aromatic N) is 1. The summed E-state index contributed by atoms with van der Waals surface area (Å²) in [6.45, 7) is 3.29. The number of nitrogens with one attached hydrogen (secondary N) is 1. The maximum absolute atomic E-state index is 13.5. The summed E-state index contributed by atoms with van der Waals surface area (Å²) in [5, 5.41) is 2.68. The van der Waals surface area contributed by atoms with E-state index in [1.807, 2.05) is 24.3 Å². The highest BCUT2D eigenvalue weighted by atomic mass is 19.1. The second-order valence-corrected chi connectivity index (χ2v) is 6.33. The summed E-state index contributed by atoms with van der Waals surface area (Å²) in [6, 6.07) is 11.6. The minimum atomic E-state index is -0.733. The number of hydrogen-bond acceptors (Lipinski definition) is 4. The van der Waals surface area contributed by atoms with Crippen LogP contribution in [0.2, 0.25) is 0 Å². The van der Waals surface area contributed by atoms with Crippen LogP contribution in [0.5, 0.6) is 0 Å². The quantitative estimate of drug-likeness (QED) is 0.833. The average Bonchev–Trinajstić information content (AvgIpc) is 3.17. The van der Waals surface area contributed by atoms with E-state index in [2.05, 4.69) is 10.2 Å². The monoisotopic (exact) mass is 356 g/mol. The van der Waals surface area contributed by atoms with Gasteiger partial charge in [0.05, 0.1) is 5.56 Å². The maximum Gasteiger partial charge on any atom is 0.338 e. The summed E-state index contributed by atoms with van der Waals surface area (Å²) in [6.07, 6.45) is 2.41. The molecule has 0 unspecified atom stereocenters. The van der Waals surface area contributed by atoms with E-state index in [1.54, 1.807) is 6.92 Å². The minimum Gasteiger partial charge on any atom is -0.452 e. The number of halogens is 1. The van der Waals surface area contributed by atoms with Crippen LogP contribution in [0.3, 0.4) is 0 Å². The van der Waals surface area contributed by atoms with Crippen LogP contribution in [0.15, 0.2) is 42.5 Å². The third-order valence-corrected chi connectivity index (χ3v) is 4.36. The number of benzene rings is 2. The zero-order valence-corrected chi connectivity index (χ0v) is 14.6. The van der Waals surface area contributed by atoms with Crippen LogP contribution in [0.25, 0.3) is 0 Å². The van der Waals surface area contributed by atoms with Gasteiger partial charge in [-0.3, -0.25) is 4.79 Å². The minimum absolute atomic E-state index is 0.0795. The van der Waals surface area contributed by atoms with Crippen LogP contribution in [-0.2, 0) is 9.53 Å². The molecule has 2 aromatic carbocycles. The number of carbonyl (C=O) groups is 2. The van der Waals surface area contributed by atoms with Crippen molar-refractivity contribution in [3.63, 3.8) is 0 Å². The maximum atomic E-state index is 13.5. The third-order valence-electron chi connectivity index (χ3n) is 4.36. The normalized spacial score (nSPS) is 13.5. The van der Waals surface area contributed by atoms with Crippen molar-refractivity contribution in [3.05, 3.63) is 59.4 Å². The number of amides is 1. The van der Waals surface area contributed by atoms with Gasteiger partial charge in [-0.05, 0) is 61.7 Å². The van der Waals surface area contributed by atoms with Gasteiger partial charge in [0.25, 0.3) is 5.91 Å². The van der Waals surface area contributed by atoms with Crippen molar-refractivity contribution < 1.29 is 18.7 Å². The number of carbonyl (C=O) groups excluding carboxylic acids is 2. The average molecular weight is 356 g/mol. The molecule has 0 radical (unpaired) electrons. The van der Waals surface area contributed by atoms with E-state index in [0.717, 1.165) is 24.8 Å². The van der Waals surface area contributed by atoms with E-state index in [-0.39, 0.29) is 5.56 Å². The van der Waals surface area contributed by atoms with Crippen LogP contribution in [0, 0.1) is 12.7 Å². The summed E-state index contributed by atoms with van der Waals surface area (Å²) < 4.78 is 18.4. The zero-order chi connectivity index (χ0) is 18.5. The van der Waals surface area contributed by atoms with Gasteiger partial charge in [-0.25, -0.2) is 9.18 Å². The van der Waals surface area contributed by atoms with Crippen LogP contribution in [0.4, 0.5) is 15.8 Å². The molecule has 5 nitrogen and oxygen atoms in total. The second-order valence-electron chi connectivity index (χ2n) is 6.33. The zero-order valence-electron chi connectivity index (χ0n) is 14.6. The van der Waals surface area contributed by atoms with Gasteiger partial charge in [-0.15, -0.1) is 0 Å². The lowest BCUT2D eigenvalue weighted by Gasteiger charge is -2.17. The Labute approximate surface area is 151 Å². The molecule has 26 heavy (non-hydrogen) atoms. The number of anilines is 2. The van der Waals surface area contributed by atoms with Gasteiger partial charge < -0.3 is 15.0 Å². The summed E-state index contributed by atoms with van der Waals surface area (Å²) >= 11 is 0. The fourth-order valence-electron chi connectivity index (χ4n) is 2.86. The highest BCUT2D eigenvalue weighted by Gasteiger charge is 2.14. The molecule has 6 heteroatoms. The Morgan fingerprint density at radius 3 is 2.46 bits per heavy atom. The van der Waals surface area contributed by atoms with Gasteiger partial charge in [0, 0.05) is 24.5 Å². The Bertz CT molecular complexity index is 799. The molecule has 2 aromatic rings. The molecule has 1 fully saturated rings. The molecule has 0 aliphatic carbocycles. The SMILES string of the molecule is Cc1ccc(C(=O)OCC(=O)Nc2ccc(N3CCCC3)cc2)cc1F. The Hall–Kier alpha value is -2.89. The van der Waals surface area contributed by atoms with Gasteiger partial charge in [0.1, 0.15) is 5.82 Å². The number of esters is 1. The topological polar surface area (TPSA) is 58.6 Å². The van der Waals surface area contributed by atoms with Crippen LogP contribution in [0.1, 0.15) is 28.8 Å². The Kier molecular flexibility index (Phi) is 5.51. The summed E-state index contributed by atoms with van der Waals surface area (Å²) in [4.78, 5) is 26.1. The molecule has 1 saturated heterocycles. The van der Waals surface area contributed by atoms with Gasteiger partial charge in [-0.1, -0.05) is 6.07 Å². The molecule has 136 valence electrons. The van der Waals surface area contributed by atoms with Crippen molar-refractivity contribution in [3.8, 4) is 0 Å². The smallest absolute Gasteiger partial charge is 0.338 e. The molecule has 0 atom stereocenters. The first kappa shape index (κ1) is 17.9. The number of ether oxygens (including phenoxy) is 1. The Balaban J connectivity index is 1.50. The standard InChI is InChI=1S/C20H21FN2O3/c1-14-4-5-15(12-18(14)21)20(25)26-13-19(24)22-16-6-8-17(9-7-16)23-10-2-3-11-23/h4-9,12H,2-3,10-11,13H2,1H3,(H,22,24). The number of aryl methyl sites for hydroxylation is 1. The van der Waals surface area contributed by atoms with E-state index >= 15 is 0 Å². The van der Waals surface area contributed by atoms with Crippen molar-refractivity contribution in [1.29, 1.82) is 0 Å². The summed E-state index contributed by atoms with van der Waals surface area (Å²) in [5.41, 5.74) is 2.29. The lowest BCUT2D eigenvalue weighted by molar-refractivity contribution is -0.119. The van der Waals surface area contributed by atoms with E-state index in [4.69, 9.17) is 4.74 Å². The van der Waals surface area contributed by atoms with Crippen molar-refractivity contribution >= 4 is 23.3 Å². The van der Waals surface area contributed by atoms with Crippen LogP contribution < -0.4 is 10.2 Å². The lowest BCUT2D eigenvalue weighted by Crippen LogP contribution is -2.21. The predicted molar refractivity (Wildman–Crippen MR) is 97.9 cm³/mol. The lowest BCUT2D eigenvalue weighted by atomic mass is 10.1. The Morgan fingerprint density at radius 2 is 1.81 bits per heavy atom. The largest absolute Gasteiger partial charge is 0.452 e. The molecule has 0 spiro atoms. The van der Waals surface area contributed by atoms with Crippen LogP contribution in [-0.4, -0.2) is 31.6 Å². The molecule has 1 amide bonds. The first-order valence-electron chi connectivity index (χ1n) is 8.61. The number of hydrogen-bond donors (Lipinski definition) is 1. The van der Waals surface area contributed by atoms with Crippen LogP contribution >= 0.6 is 0 Å². The highest BCUT2D eigenvalue weighted by molar-refractivity contribution is 5.95. The van der Waals surface area contributed by atoms with E-state index in [9.17, 15) is 14.0 Å². The van der Waals surface area contributed by atoms with Gasteiger partial charge in [-0.2, -0.15) is 0 Å². The Morgan fingerprint density at radius 1 is 1.12 bits per heavy atom. The van der Waals surface area contributed by atoms with Crippen molar-refractivity contribution in [2.45, 2.75) is 19.8 Å². The first-order chi connectivity index (χ1) is 12.5. The molecular weight excluding hydrogens is 335 g/mol. The van der Waals surface area contributed by atoms with Crippen molar-refractivity contribution in [2.24, 2.45) is 0 Å². The van der Waals surface area contributed by atoms with Crippen molar-refractivity contribution in [1.82, 2.24) is 0 Å². The van der Waals surface area contributed by atoms with E-state index < -0.39 is 24.3 Å². The van der Waals surface area contributed by atoms with Crippen molar-refractivity contribution in [2.75, 3.05) is 29.9 Å². The molecule has 1 aliphatic rings. The van der Waals surface area contributed by atoms with Gasteiger partial charge in [0.15, 0.2) is 6.61 Å². The van der Waals surface area contributed by atoms with Gasteiger partial charge >= 0.3 is 5.97 Å². The number of rotatable bonds is 5. The molecule has 0 bridgehead atoms. The fraction of sp³-hybridized carbons (Fsp3) is 0.300. The summed E-state index contributed by atoms with van der Waals surface area (Å²) in [5.74, 6) is -1.66. The molecular formula is C20H21FN2O3.